The highest BCUT2D eigenvalue weighted by atomic mass is 32.2. The Morgan fingerprint density at radius 3 is 2.39 bits per heavy atom. The van der Waals surface area contributed by atoms with Gasteiger partial charge in [-0.3, -0.25) is 4.31 Å². The number of rotatable bonds is 7. The molecule has 5 nitrogen and oxygen atoms in total. The average Bonchev–Trinajstić information content (AvgIpc) is 2.81. The molecule has 0 atom stereocenters. The van der Waals surface area contributed by atoms with Crippen molar-refractivity contribution in [1.29, 1.82) is 0 Å². The minimum atomic E-state index is -4.52. The summed E-state index contributed by atoms with van der Waals surface area (Å²) in [6, 6.07) is 9.02. The minimum Gasteiger partial charge on any atom is -0.493 e. The van der Waals surface area contributed by atoms with Crippen molar-refractivity contribution in [2.75, 3.05) is 42.8 Å². The van der Waals surface area contributed by atoms with Crippen molar-refractivity contribution in [1.82, 2.24) is 4.90 Å². The number of thioether (sulfide) groups is 1. The molecule has 0 radical (unpaired) electrons. The fraction of sp³-hybridized carbons (Fsp3) is 0.478. The lowest BCUT2D eigenvalue weighted by Gasteiger charge is -2.30. The Labute approximate surface area is 197 Å². The first-order valence-corrected chi connectivity index (χ1v) is 13.5. The lowest BCUT2D eigenvalue weighted by atomic mass is 10.1. The number of halogens is 3. The van der Waals surface area contributed by atoms with Crippen LogP contribution in [0.5, 0.6) is 5.75 Å². The lowest BCUT2D eigenvalue weighted by Crippen LogP contribution is -2.35. The van der Waals surface area contributed by atoms with Crippen molar-refractivity contribution < 1.29 is 26.3 Å². The summed E-state index contributed by atoms with van der Waals surface area (Å²) in [7, 11) is -4.00. The van der Waals surface area contributed by atoms with Crippen molar-refractivity contribution >= 4 is 27.5 Å². The number of fused-ring (bicyclic) bond motifs is 1. The second-order valence-electron chi connectivity index (χ2n) is 8.18. The van der Waals surface area contributed by atoms with Crippen LogP contribution >= 0.6 is 11.8 Å². The molecule has 0 amide bonds. The van der Waals surface area contributed by atoms with Crippen LogP contribution in [0, 0.1) is 0 Å². The number of nitrogens with zero attached hydrogens (tertiary/aromatic N) is 2. The third-order valence-corrected chi connectivity index (χ3v) is 8.73. The molecule has 0 aliphatic carbocycles. The number of ether oxygens (including phenoxy) is 1. The van der Waals surface area contributed by atoms with E-state index < -0.39 is 21.8 Å². The number of hydrogen-bond donors (Lipinski definition) is 0. The molecule has 0 unspecified atom stereocenters. The molecule has 0 bridgehead atoms. The summed E-state index contributed by atoms with van der Waals surface area (Å²) in [6.07, 6.45) is 0.154. The maximum Gasteiger partial charge on any atom is 0.416 e. The van der Waals surface area contributed by atoms with Gasteiger partial charge >= 0.3 is 6.18 Å². The van der Waals surface area contributed by atoms with Gasteiger partial charge in [-0.25, -0.2) is 8.42 Å². The molecule has 2 aromatic carbocycles. The van der Waals surface area contributed by atoms with Crippen LogP contribution in [-0.4, -0.2) is 51.9 Å². The van der Waals surface area contributed by atoms with Gasteiger partial charge in [0.2, 0.25) is 0 Å². The Morgan fingerprint density at radius 2 is 1.70 bits per heavy atom. The fourth-order valence-electron chi connectivity index (χ4n) is 4.12. The summed E-state index contributed by atoms with van der Waals surface area (Å²) in [6.45, 7) is 4.02. The highest BCUT2D eigenvalue weighted by Gasteiger charge is 2.33. The van der Waals surface area contributed by atoms with E-state index in [1.807, 2.05) is 12.1 Å². The van der Waals surface area contributed by atoms with Gasteiger partial charge in [-0.05, 0) is 68.8 Å². The molecule has 0 spiro atoms. The van der Waals surface area contributed by atoms with Gasteiger partial charge in [0.25, 0.3) is 10.0 Å². The monoisotopic (exact) mass is 500 g/mol. The van der Waals surface area contributed by atoms with Gasteiger partial charge in [-0.1, -0.05) is 6.42 Å². The molecule has 1 saturated heterocycles. The SMILES string of the molecule is O=S(=O)(c1ccc(C(F)(F)F)cc1)N1CCSc2ccc(OCCCN3CCCCC3)cc21. The molecule has 0 N–H and O–H groups in total. The van der Waals surface area contributed by atoms with E-state index in [1.165, 1.54) is 23.6 Å². The summed E-state index contributed by atoms with van der Waals surface area (Å²) in [4.78, 5) is 3.08. The summed E-state index contributed by atoms with van der Waals surface area (Å²) < 4.78 is 72.3. The van der Waals surface area contributed by atoms with Gasteiger partial charge in [0.1, 0.15) is 5.75 Å². The molecule has 2 heterocycles. The largest absolute Gasteiger partial charge is 0.493 e. The number of piperidine rings is 1. The number of alkyl halides is 3. The molecular formula is C23H27F3N2O3S2. The van der Waals surface area contributed by atoms with E-state index in [4.69, 9.17) is 4.74 Å². The van der Waals surface area contributed by atoms with Crippen LogP contribution < -0.4 is 9.04 Å². The number of hydrogen-bond acceptors (Lipinski definition) is 5. The minimum absolute atomic E-state index is 0.166. The molecule has 33 heavy (non-hydrogen) atoms. The Balaban J connectivity index is 1.46. The highest BCUT2D eigenvalue weighted by Crippen LogP contribution is 2.40. The number of anilines is 1. The molecule has 10 heteroatoms. The summed E-state index contributed by atoms with van der Waals surface area (Å²) in [5.74, 6) is 1.14. The van der Waals surface area contributed by atoms with Crippen LogP contribution in [0.1, 0.15) is 31.2 Å². The van der Waals surface area contributed by atoms with Crippen molar-refractivity contribution in [3.8, 4) is 5.75 Å². The molecule has 0 saturated carbocycles. The zero-order valence-corrected chi connectivity index (χ0v) is 19.8. The van der Waals surface area contributed by atoms with Crippen LogP contribution in [-0.2, 0) is 16.2 Å². The summed E-state index contributed by atoms with van der Waals surface area (Å²) in [5, 5.41) is 0. The summed E-state index contributed by atoms with van der Waals surface area (Å²) in [5.41, 5.74) is -0.379. The first-order valence-electron chi connectivity index (χ1n) is 11.1. The molecule has 2 aliphatic heterocycles. The Bertz CT molecular complexity index is 1050. The number of likely N-dealkylation sites (tertiary alicyclic amines) is 1. The lowest BCUT2D eigenvalue weighted by molar-refractivity contribution is -0.137. The second-order valence-corrected chi connectivity index (χ2v) is 11.2. The Morgan fingerprint density at radius 1 is 0.970 bits per heavy atom. The molecular weight excluding hydrogens is 473 g/mol. The van der Waals surface area contributed by atoms with Crippen molar-refractivity contribution in [3.63, 3.8) is 0 Å². The van der Waals surface area contributed by atoms with Gasteiger partial charge in [0.15, 0.2) is 0 Å². The molecule has 0 aromatic heterocycles. The third-order valence-electron chi connectivity index (χ3n) is 5.86. The molecule has 180 valence electrons. The fourth-order valence-corrected chi connectivity index (χ4v) is 6.74. The van der Waals surface area contributed by atoms with Gasteiger partial charge in [0, 0.05) is 29.8 Å². The van der Waals surface area contributed by atoms with Gasteiger partial charge in [-0.2, -0.15) is 13.2 Å². The first kappa shape index (κ1) is 24.2. The van der Waals surface area contributed by atoms with Gasteiger partial charge in [-0.15, -0.1) is 11.8 Å². The molecule has 2 aliphatic rings. The zero-order chi connectivity index (χ0) is 23.5. The number of sulfonamides is 1. The van der Waals surface area contributed by atoms with E-state index >= 15 is 0 Å². The smallest absolute Gasteiger partial charge is 0.416 e. The van der Waals surface area contributed by atoms with Crippen molar-refractivity contribution in [2.24, 2.45) is 0 Å². The van der Waals surface area contributed by atoms with Gasteiger partial charge < -0.3 is 9.64 Å². The third kappa shape index (κ3) is 5.78. The normalized spacial score (nSPS) is 17.6. The van der Waals surface area contributed by atoms with Crippen LogP contribution in [0.2, 0.25) is 0 Å². The predicted molar refractivity (Wildman–Crippen MR) is 124 cm³/mol. The predicted octanol–water partition coefficient (Wildman–Crippen LogP) is 5.26. The van der Waals surface area contributed by atoms with Crippen molar-refractivity contribution in [2.45, 2.75) is 41.7 Å². The quantitative estimate of drug-likeness (QED) is 0.486. The maximum atomic E-state index is 13.2. The number of benzene rings is 2. The van der Waals surface area contributed by atoms with Crippen LogP contribution in [0.4, 0.5) is 18.9 Å². The molecule has 4 rings (SSSR count). The van der Waals surface area contributed by atoms with Crippen LogP contribution in [0.3, 0.4) is 0 Å². The summed E-state index contributed by atoms with van der Waals surface area (Å²) >= 11 is 1.55. The van der Waals surface area contributed by atoms with E-state index in [0.29, 0.717) is 23.8 Å². The maximum absolute atomic E-state index is 13.2. The topological polar surface area (TPSA) is 49.9 Å². The standard InChI is InChI=1S/C23H27F3N2O3S2/c24-23(25,26)18-5-8-20(9-6-18)33(29,30)28-14-16-32-22-10-7-19(17-21(22)28)31-15-4-13-27-11-2-1-3-12-27/h5-10,17H,1-4,11-16H2. The van der Waals surface area contributed by atoms with Crippen LogP contribution in [0.25, 0.3) is 0 Å². The van der Waals surface area contributed by atoms with Gasteiger partial charge in [0.05, 0.1) is 22.8 Å². The molecule has 2 aromatic rings. The zero-order valence-electron chi connectivity index (χ0n) is 18.2. The second kappa shape index (κ2) is 10.1. The van der Waals surface area contributed by atoms with E-state index in [1.54, 1.807) is 17.8 Å². The van der Waals surface area contributed by atoms with Crippen LogP contribution in [0.15, 0.2) is 52.3 Å². The average molecular weight is 501 g/mol. The van der Waals surface area contributed by atoms with E-state index in [9.17, 15) is 21.6 Å². The highest BCUT2D eigenvalue weighted by molar-refractivity contribution is 8.00. The Kier molecular flexibility index (Phi) is 7.45. The van der Waals surface area contributed by atoms with E-state index in [2.05, 4.69) is 4.90 Å². The van der Waals surface area contributed by atoms with Crippen molar-refractivity contribution in [3.05, 3.63) is 48.0 Å². The van der Waals surface area contributed by atoms with E-state index in [0.717, 1.165) is 55.2 Å². The first-order chi connectivity index (χ1) is 15.7. The Hall–Kier alpha value is -1.91. The molecule has 1 fully saturated rings. The van der Waals surface area contributed by atoms with E-state index in [-0.39, 0.29) is 11.4 Å².